The van der Waals surface area contributed by atoms with Crippen LogP contribution in [0.2, 0.25) is 0 Å². The molecule has 1 N–H and O–H groups in total. The summed E-state index contributed by atoms with van der Waals surface area (Å²) >= 11 is 0. The van der Waals surface area contributed by atoms with Gasteiger partial charge in [-0.25, -0.2) is 9.97 Å². The van der Waals surface area contributed by atoms with Crippen molar-refractivity contribution < 1.29 is 14.5 Å². The van der Waals surface area contributed by atoms with E-state index < -0.39 is 0 Å². The van der Waals surface area contributed by atoms with Gasteiger partial charge in [-0.1, -0.05) is 0 Å². The largest absolute Gasteiger partial charge is 0.633 e. The Balaban J connectivity index is 1.27. The molecule has 2 aromatic rings. The van der Waals surface area contributed by atoms with E-state index in [1.807, 2.05) is 18.3 Å². The van der Waals surface area contributed by atoms with Gasteiger partial charge in [0.25, 0.3) is 0 Å². The number of aliphatic hydroxyl groups excluding tert-OH is 1. The highest BCUT2D eigenvalue weighted by atomic mass is 16.5. The number of likely N-dealkylation sites (tertiary alicyclic amines) is 1. The van der Waals surface area contributed by atoms with Crippen LogP contribution in [0.5, 0.6) is 5.88 Å². The summed E-state index contributed by atoms with van der Waals surface area (Å²) in [5.41, 5.74) is 2.14. The Morgan fingerprint density at radius 2 is 1.81 bits per heavy atom. The fraction of sp³-hybridized carbons (Fsp3) is 0.600. The second-order valence-corrected chi connectivity index (χ2v) is 10.1. The first-order valence-corrected chi connectivity index (χ1v) is 12.0. The number of ether oxygens (including phenoxy) is 1. The number of aliphatic hydroxyl groups is 1. The van der Waals surface area contributed by atoms with Gasteiger partial charge in [0.15, 0.2) is 0 Å². The van der Waals surface area contributed by atoms with Gasteiger partial charge in [-0.05, 0) is 43.9 Å². The first kappa shape index (κ1) is 21.6. The predicted molar refractivity (Wildman–Crippen MR) is 124 cm³/mol. The molecule has 32 heavy (non-hydrogen) atoms. The van der Waals surface area contributed by atoms with Crippen molar-refractivity contribution in [3.63, 3.8) is 0 Å². The molecule has 172 valence electrons. The van der Waals surface area contributed by atoms with Crippen LogP contribution >= 0.6 is 0 Å². The summed E-state index contributed by atoms with van der Waals surface area (Å²) in [6.45, 7) is 3.36. The number of quaternary nitrogens is 1. The molecule has 0 amide bonds. The van der Waals surface area contributed by atoms with Crippen LogP contribution in [0.25, 0.3) is 11.1 Å². The number of nitrogens with zero attached hydrogens (tertiary/aromatic N) is 4. The molecule has 0 bridgehead atoms. The molecule has 1 spiro atoms. The lowest BCUT2D eigenvalue weighted by Crippen LogP contribution is -2.54. The van der Waals surface area contributed by atoms with Crippen LogP contribution in [-0.2, 0) is 0 Å². The third-order valence-corrected chi connectivity index (χ3v) is 7.97. The van der Waals surface area contributed by atoms with Gasteiger partial charge in [-0.15, -0.1) is 0 Å². The molecule has 2 saturated heterocycles. The topological polar surface area (TPSA) is 81.5 Å². The minimum Gasteiger partial charge on any atom is -0.633 e. The highest BCUT2D eigenvalue weighted by Crippen LogP contribution is 2.45. The van der Waals surface area contributed by atoms with Crippen LogP contribution in [0, 0.1) is 10.6 Å². The highest BCUT2D eigenvalue weighted by Gasteiger charge is 2.50. The van der Waals surface area contributed by atoms with Crippen LogP contribution < -0.4 is 9.64 Å². The number of aromatic nitrogens is 2. The van der Waals surface area contributed by atoms with Crippen molar-refractivity contribution in [2.45, 2.75) is 57.1 Å². The number of hydrogen-bond donors (Lipinski definition) is 1. The van der Waals surface area contributed by atoms with Gasteiger partial charge in [-0.2, -0.15) is 0 Å². The fourth-order valence-electron chi connectivity index (χ4n) is 6.14. The van der Waals surface area contributed by atoms with Crippen molar-refractivity contribution >= 4 is 5.82 Å². The number of hydroxylamine groups is 3. The van der Waals surface area contributed by atoms with Crippen LogP contribution in [0.15, 0.2) is 36.7 Å². The van der Waals surface area contributed by atoms with Crippen molar-refractivity contribution in [1.82, 2.24) is 9.97 Å². The van der Waals surface area contributed by atoms with E-state index in [1.54, 1.807) is 13.3 Å². The molecule has 7 nitrogen and oxygen atoms in total. The lowest BCUT2D eigenvalue weighted by molar-refractivity contribution is -0.898. The van der Waals surface area contributed by atoms with Crippen molar-refractivity contribution in [3.8, 4) is 17.0 Å². The molecule has 2 aromatic heterocycles. The summed E-state index contributed by atoms with van der Waals surface area (Å²) < 4.78 is 5.09. The third kappa shape index (κ3) is 4.21. The average Bonchev–Trinajstić information content (AvgIpc) is 3.16. The molecule has 1 saturated carbocycles. The second kappa shape index (κ2) is 8.61. The van der Waals surface area contributed by atoms with Gasteiger partial charge in [0.1, 0.15) is 5.82 Å². The summed E-state index contributed by atoms with van der Waals surface area (Å²) in [5.74, 6) is 1.59. The van der Waals surface area contributed by atoms with E-state index in [-0.39, 0.29) is 22.2 Å². The van der Waals surface area contributed by atoms with Crippen molar-refractivity contribution in [2.75, 3.05) is 38.2 Å². The normalized spacial score (nSPS) is 32.9. The third-order valence-electron chi connectivity index (χ3n) is 7.97. The summed E-state index contributed by atoms with van der Waals surface area (Å²) in [7, 11) is 1.61. The zero-order valence-electron chi connectivity index (χ0n) is 18.9. The summed E-state index contributed by atoms with van der Waals surface area (Å²) in [6.07, 6.45) is 10.1. The van der Waals surface area contributed by atoms with Crippen molar-refractivity contribution in [1.29, 1.82) is 0 Å². The molecule has 3 fully saturated rings. The Morgan fingerprint density at radius 1 is 1.06 bits per heavy atom. The lowest BCUT2D eigenvalue weighted by Gasteiger charge is -2.50. The standard InChI is InChI=1S/C25H34N4O3/c1-32-24-10-4-20(16-27-24)19-3-9-23(26-15-19)28-13-2-11-25(17-28)12-14-29(31,18-25)21-5-7-22(30)8-6-21/h3-4,9-10,15-16,21-22,30H,2,5-8,11-14,17-18H2,1H3/t21-,22-,25-,29?/m1/s1. The molecular formula is C25H34N4O3. The second-order valence-electron chi connectivity index (χ2n) is 10.1. The molecule has 7 heteroatoms. The number of rotatable bonds is 4. The Morgan fingerprint density at radius 3 is 2.47 bits per heavy atom. The van der Waals surface area contributed by atoms with E-state index in [1.165, 1.54) is 0 Å². The average molecular weight is 439 g/mol. The summed E-state index contributed by atoms with van der Waals surface area (Å²) in [6, 6.07) is 8.22. The molecular weight excluding hydrogens is 404 g/mol. The predicted octanol–water partition coefficient (Wildman–Crippen LogP) is 3.76. The minimum atomic E-state index is -0.206. The maximum atomic E-state index is 13.7. The molecule has 2 atom stereocenters. The first-order chi connectivity index (χ1) is 15.5. The Labute approximate surface area is 190 Å². The highest BCUT2D eigenvalue weighted by molar-refractivity contribution is 5.63. The van der Waals surface area contributed by atoms with Gasteiger partial charge in [-0.3, -0.25) is 0 Å². The number of hydrogen-bond acceptors (Lipinski definition) is 6. The number of anilines is 1. The molecule has 1 aliphatic carbocycles. The zero-order valence-corrected chi connectivity index (χ0v) is 18.9. The van der Waals surface area contributed by atoms with Crippen LogP contribution in [-0.4, -0.2) is 65.2 Å². The summed E-state index contributed by atoms with van der Waals surface area (Å²) in [4.78, 5) is 11.4. The monoisotopic (exact) mass is 438 g/mol. The SMILES string of the molecule is COc1ccc(-c2ccc(N3CCC[C@@]4(CC[N+]([O-])([C@H]5CC[C@H](O)CC5)C4)C3)nc2)cn1. The first-order valence-electron chi connectivity index (χ1n) is 12.0. The van der Waals surface area contributed by atoms with E-state index in [4.69, 9.17) is 9.72 Å². The Bertz CT molecular complexity index is 914. The number of pyridine rings is 2. The van der Waals surface area contributed by atoms with Crippen LogP contribution in [0.4, 0.5) is 5.82 Å². The molecule has 0 aromatic carbocycles. The lowest BCUT2D eigenvalue weighted by atomic mass is 9.79. The van der Waals surface area contributed by atoms with Crippen molar-refractivity contribution in [3.05, 3.63) is 41.9 Å². The van der Waals surface area contributed by atoms with Gasteiger partial charge >= 0.3 is 0 Å². The number of methoxy groups -OCH3 is 1. The quantitative estimate of drug-likeness (QED) is 0.578. The van der Waals surface area contributed by atoms with Crippen molar-refractivity contribution in [2.24, 2.45) is 5.41 Å². The Kier molecular flexibility index (Phi) is 5.82. The van der Waals surface area contributed by atoms with E-state index in [9.17, 15) is 10.3 Å². The minimum absolute atomic E-state index is 0.0442. The van der Waals surface area contributed by atoms with E-state index in [0.717, 1.165) is 88.1 Å². The van der Waals surface area contributed by atoms with Gasteiger partial charge in [0, 0.05) is 67.4 Å². The maximum absolute atomic E-state index is 13.7. The van der Waals surface area contributed by atoms with E-state index >= 15 is 0 Å². The molecule has 0 radical (unpaired) electrons. The van der Waals surface area contributed by atoms with Crippen LogP contribution in [0.1, 0.15) is 44.9 Å². The maximum Gasteiger partial charge on any atom is 0.212 e. The van der Waals surface area contributed by atoms with Gasteiger partial charge in [0.2, 0.25) is 5.88 Å². The zero-order chi connectivity index (χ0) is 22.2. The van der Waals surface area contributed by atoms with Gasteiger partial charge in [0.05, 0.1) is 32.3 Å². The van der Waals surface area contributed by atoms with E-state index in [0.29, 0.717) is 5.88 Å². The number of piperidine rings is 1. The molecule has 4 heterocycles. The Hall–Kier alpha value is -2.22. The summed E-state index contributed by atoms with van der Waals surface area (Å²) in [5, 5.41) is 23.6. The fourth-order valence-corrected chi connectivity index (χ4v) is 6.14. The van der Waals surface area contributed by atoms with Gasteiger partial charge < -0.3 is 24.6 Å². The molecule has 3 aliphatic rings. The van der Waals surface area contributed by atoms with Crippen LogP contribution in [0.3, 0.4) is 0 Å². The molecule has 5 rings (SSSR count). The smallest absolute Gasteiger partial charge is 0.212 e. The molecule has 2 aliphatic heterocycles. The van der Waals surface area contributed by atoms with E-state index in [2.05, 4.69) is 22.0 Å². The molecule has 1 unspecified atom stereocenters.